The monoisotopic (exact) mass is 213 g/mol. The molecule has 3 N–H and O–H groups in total. The molecule has 15 heavy (non-hydrogen) atoms. The maximum Gasteiger partial charge on any atom is 0.284 e. The molecule has 1 heterocycles. The molecule has 0 aliphatic rings. The number of hydrogen-bond donors (Lipinski definition) is 2. The number of nitrogens with zero attached hydrogens (tertiary/aromatic N) is 2. The van der Waals surface area contributed by atoms with Gasteiger partial charge in [-0.3, -0.25) is 0 Å². The molecule has 1 aromatic heterocycles. The van der Waals surface area contributed by atoms with Crippen LogP contribution in [0.3, 0.4) is 0 Å². The molecule has 1 aromatic rings. The summed E-state index contributed by atoms with van der Waals surface area (Å²) in [6.07, 6.45) is -2.87. The first-order valence-corrected chi connectivity index (χ1v) is 4.17. The Kier molecular flexibility index (Phi) is 3.52. The molecule has 0 aromatic carbocycles. The molecule has 0 radical (unpaired) electrons. The SMILES string of the molecule is N#CCc1cc(O)c(C(F)F)nc1CN. The average Bonchev–Trinajstić information content (AvgIpc) is 2.18. The minimum absolute atomic E-state index is 0.0173. The Hall–Kier alpha value is -1.74. The van der Waals surface area contributed by atoms with Crippen LogP contribution in [-0.2, 0) is 13.0 Å². The summed E-state index contributed by atoms with van der Waals surface area (Å²) in [5.41, 5.74) is 5.19. The molecule has 0 bridgehead atoms. The van der Waals surface area contributed by atoms with Gasteiger partial charge in [0.1, 0.15) is 11.4 Å². The van der Waals surface area contributed by atoms with Crippen molar-refractivity contribution in [2.45, 2.75) is 19.4 Å². The summed E-state index contributed by atoms with van der Waals surface area (Å²) < 4.78 is 24.7. The largest absolute Gasteiger partial charge is 0.506 e. The highest BCUT2D eigenvalue weighted by Crippen LogP contribution is 2.28. The van der Waals surface area contributed by atoms with Crippen LogP contribution in [-0.4, -0.2) is 10.1 Å². The number of alkyl halides is 2. The van der Waals surface area contributed by atoms with Crippen LogP contribution in [0.4, 0.5) is 8.78 Å². The fraction of sp³-hybridized carbons (Fsp3) is 0.333. The molecular formula is C9H9F2N3O. The molecule has 80 valence electrons. The van der Waals surface area contributed by atoms with Crippen molar-refractivity contribution in [1.82, 2.24) is 4.98 Å². The average molecular weight is 213 g/mol. The number of rotatable bonds is 3. The zero-order chi connectivity index (χ0) is 11.4. The van der Waals surface area contributed by atoms with E-state index in [0.29, 0.717) is 5.56 Å². The lowest BCUT2D eigenvalue weighted by Crippen LogP contribution is -2.07. The fourth-order valence-corrected chi connectivity index (χ4v) is 1.17. The number of nitriles is 1. The van der Waals surface area contributed by atoms with Gasteiger partial charge in [0.15, 0.2) is 0 Å². The van der Waals surface area contributed by atoms with Gasteiger partial charge in [-0.15, -0.1) is 0 Å². The van der Waals surface area contributed by atoms with Gasteiger partial charge in [0, 0.05) is 6.54 Å². The van der Waals surface area contributed by atoms with Crippen LogP contribution in [0, 0.1) is 11.3 Å². The summed E-state index contributed by atoms with van der Waals surface area (Å²) in [7, 11) is 0. The number of aromatic hydroxyl groups is 1. The number of pyridine rings is 1. The highest BCUT2D eigenvalue weighted by atomic mass is 19.3. The topological polar surface area (TPSA) is 82.9 Å². The molecule has 0 atom stereocenters. The highest BCUT2D eigenvalue weighted by Gasteiger charge is 2.17. The lowest BCUT2D eigenvalue weighted by atomic mass is 10.1. The van der Waals surface area contributed by atoms with Gasteiger partial charge in [0.2, 0.25) is 0 Å². The number of aromatic nitrogens is 1. The third kappa shape index (κ3) is 2.39. The number of nitrogens with two attached hydrogens (primary N) is 1. The lowest BCUT2D eigenvalue weighted by Gasteiger charge is -2.08. The van der Waals surface area contributed by atoms with E-state index in [0.717, 1.165) is 6.07 Å². The molecule has 0 aliphatic heterocycles. The third-order valence-corrected chi connectivity index (χ3v) is 1.87. The van der Waals surface area contributed by atoms with Crippen molar-refractivity contribution < 1.29 is 13.9 Å². The van der Waals surface area contributed by atoms with E-state index in [-0.39, 0.29) is 18.7 Å². The Balaban J connectivity index is 3.24. The van der Waals surface area contributed by atoms with E-state index in [4.69, 9.17) is 11.0 Å². The molecule has 0 saturated carbocycles. The lowest BCUT2D eigenvalue weighted by molar-refractivity contribution is 0.141. The molecule has 0 amide bonds. The van der Waals surface area contributed by atoms with Gasteiger partial charge in [-0.1, -0.05) is 0 Å². The maximum atomic E-state index is 12.3. The van der Waals surface area contributed by atoms with Crippen LogP contribution < -0.4 is 5.73 Å². The zero-order valence-electron chi connectivity index (χ0n) is 7.74. The molecule has 0 unspecified atom stereocenters. The predicted octanol–water partition coefficient (Wildman–Crippen LogP) is 1.25. The van der Waals surface area contributed by atoms with Gasteiger partial charge in [-0.05, 0) is 11.6 Å². The molecule has 1 rings (SSSR count). The molecule has 4 nitrogen and oxygen atoms in total. The quantitative estimate of drug-likeness (QED) is 0.791. The molecule has 0 aliphatic carbocycles. The van der Waals surface area contributed by atoms with Gasteiger partial charge < -0.3 is 10.8 Å². The second-order valence-electron chi connectivity index (χ2n) is 2.84. The van der Waals surface area contributed by atoms with E-state index in [2.05, 4.69) is 4.98 Å². The summed E-state index contributed by atoms with van der Waals surface area (Å²) in [6.45, 7) is -0.0446. The van der Waals surface area contributed by atoms with Crippen molar-refractivity contribution in [3.8, 4) is 11.8 Å². The second kappa shape index (κ2) is 4.66. The van der Waals surface area contributed by atoms with Crippen molar-refractivity contribution in [2.75, 3.05) is 0 Å². The van der Waals surface area contributed by atoms with Crippen LogP contribution in [0.2, 0.25) is 0 Å². The van der Waals surface area contributed by atoms with E-state index in [9.17, 15) is 13.9 Å². The van der Waals surface area contributed by atoms with Gasteiger partial charge in [-0.25, -0.2) is 13.8 Å². The smallest absolute Gasteiger partial charge is 0.284 e. The second-order valence-corrected chi connectivity index (χ2v) is 2.84. The first-order chi connectivity index (χ1) is 7.10. The number of hydrogen-bond acceptors (Lipinski definition) is 4. The Labute approximate surface area is 85.0 Å². The Bertz CT molecular complexity index is 401. The van der Waals surface area contributed by atoms with E-state index >= 15 is 0 Å². The summed E-state index contributed by atoms with van der Waals surface area (Å²) in [5.74, 6) is -0.604. The van der Waals surface area contributed by atoms with Gasteiger partial charge >= 0.3 is 0 Å². The van der Waals surface area contributed by atoms with Gasteiger partial charge in [-0.2, -0.15) is 5.26 Å². The third-order valence-electron chi connectivity index (χ3n) is 1.87. The fourth-order valence-electron chi connectivity index (χ4n) is 1.17. The zero-order valence-corrected chi connectivity index (χ0v) is 7.74. The molecular weight excluding hydrogens is 204 g/mol. The van der Waals surface area contributed by atoms with Gasteiger partial charge in [0.05, 0.1) is 18.2 Å². The standard InChI is InChI=1S/C9H9F2N3O/c10-9(11)8-7(15)3-5(1-2-12)6(4-13)14-8/h3,9,15H,1,4,13H2. The van der Waals surface area contributed by atoms with E-state index in [1.54, 1.807) is 0 Å². The summed E-state index contributed by atoms with van der Waals surface area (Å²) >= 11 is 0. The number of halogens is 2. The van der Waals surface area contributed by atoms with Crippen molar-refractivity contribution >= 4 is 0 Å². The van der Waals surface area contributed by atoms with Crippen LogP contribution in [0.25, 0.3) is 0 Å². The highest BCUT2D eigenvalue weighted by molar-refractivity contribution is 5.36. The Morgan fingerprint density at radius 1 is 1.60 bits per heavy atom. The van der Waals surface area contributed by atoms with Crippen molar-refractivity contribution in [3.63, 3.8) is 0 Å². The van der Waals surface area contributed by atoms with E-state index in [1.807, 2.05) is 6.07 Å². The van der Waals surface area contributed by atoms with E-state index < -0.39 is 17.9 Å². The summed E-state index contributed by atoms with van der Waals surface area (Å²) in [6, 6.07) is 2.95. The molecule has 6 heteroatoms. The Morgan fingerprint density at radius 2 is 2.27 bits per heavy atom. The summed E-state index contributed by atoms with van der Waals surface area (Å²) in [5, 5.41) is 17.7. The van der Waals surface area contributed by atoms with Gasteiger partial charge in [0.25, 0.3) is 6.43 Å². The normalized spacial score (nSPS) is 10.3. The minimum Gasteiger partial charge on any atom is -0.506 e. The Morgan fingerprint density at radius 3 is 2.73 bits per heavy atom. The molecule has 0 fully saturated rings. The van der Waals surface area contributed by atoms with Crippen molar-refractivity contribution in [1.29, 1.82) is 5.26 Å². The van der Waals surface area contributed by atoms with Crippen molar-refractivity contribution in [2.24, 2.45) is 5.73 Å². The van der Waals surface area contributed by atoms with E-state index in [1.165, 1.54) is 0 Å². The van der Waals surface area contributed by atoms with Crippen LogP contribution in [0.15, 0.2) is 6.07 Å². The van der Waals surface area contributed by atoms with Crippen LogP contribution in [0.1, 0.15) is 23.4 Å². The van der Waals surface area contributed by atoms with Crippen molar-refractivity contribution in [3.05, 3.63) is 23.0 Å². The molecule has 0 saturated heterocycles. The van der Waals surface area contributed by atoms with Crippen LogP contribution >= 0.6 is 0 Å². The predicted molar refractivity (Wildman–Crippen MR) is 48.1 cm³/mol. The molecule has 0 spiro atoms. The maximum absolute atomic E-state index is 12.3. The van der Waals surface area contributed by atoms with Crippen LogP contribution in [0.5, 0.6) is 5.75 Å². The first-order valence-electron chi connectivity index (χ1n) is 4.17. The minimum atomic E-state index is -2.86. The summed E-state index contributed by atoms with van der Waals surface area (Å²) in [4.78, 5) is 3.53. The first kappa shape index (κ1) is 11.3.